The van der Waals surface area contributed by atoms with E-state index in [1.807, 2.05) is 6.92 Å². The van der Waals surface area contributed by atoms with Crippen LogP contribution in [0.1, 0.15) is 11.1 Å². The predicted molar refractivity (Wildman–Crippen MR) is 111 cm³/mol. The Morgan fingerprint density at radius 1 is 0.793 bits per heavy atom. The number of anilines is 2. The molecule has 3 aromatic rings. The van der Waals surface area contributed by atoms with E-state index in [1.54, 1.807) is 42.5 Å². The lowest BCUT2D eigenvalue weighted by Gasteiger charge is -2.15. The molecule has 0 spiro atoms. The monoisotopic (exact) mass is 434 g/mol. The molecule has 0 atom stereocenters. The maximum atomic E-state index is 13.7. The number of halogens is 1. The summed E-state index contributed by atoms with van der Waals surface area (Å²) in [6.45, 7) is 1.82. The molecular formula is C20H19FN2O4S2. The zero-order valence-electron chi connectivity index (χ0n) is 15.5. The van der Waals surface area contributed by atoms with E-state index in [2.05, 4.69) is 9.44 Å². The minimum absolute atomic E-state index is 0.0227. The van der Waals surface area contributed by atoms with E-state index in [4.69, 9.17) is 0 Å². The van der Waals surface area contributed by atoms with Crippen molar-refractivity contribution in [1.29, 1.82) is 0 Å². The summed E-state index contributed by atoms with van der Waals surface area (Å²) >= 11 is 0. The average molecular weight is 435 g/mol. The van der Waals surface area contributed by atoms with E-state index < -0.39 is 25.9 Å². The maximum Gasteiger partial charge on any atom is 0.261 e. The van der Waals surface area contributed by atoms with Crippen molar-refractivity contribution >= 4 is 31.4 Å². The Hall–Kier alpha value is -2.91. The van der Waals surface area contributed by atoms with Crippen molar-refractivity contribution in [2.45, 2.75) is 17.6 Å². The first-order chi connectivity index (χ1) is 13.6. The Kier molecular flexibility index (Phi) is 5.90. The molecule has 0 aliphatic heterocycles. The van der Waals surface area contributed by atoms with Crippen molar-refractivity contribution in [3.8, 4) is 0 Å². The normalized spacial score (nSPS) is 11.8. The van der Waals surface area contributed by atoms with Crippen LogP contribution in [0.15, 0.2) is 77.7 Å². The zero-order valence-corrected chi connectivity index (χ0v) is 17.1. The molecule has 29 heavy (non-hydrogen) atoms. The fraction of sp³-hybridized carbons (Fsp3) is 0.100. The van der Waals surface area contributed by atoms with Gasteiger partial charge in [0.25, 0.3) is 10.0 Å². The highest BCUT2D eigenvalue weighted by Gasteiger charge is 2.19. The lowest BCUT2D eigenvalue weighted by atomic mass is 10.2. The molecule has 0 fully saturated rings. The number of rotatable bonds is 7. The summed E-state index contributed by atoms with van der Waals surface area (Å²) in [6.07, 6.45) is 0. The summed E-state index contributed by atoms with van der Waals surface area (Å²) in [4.78, 5) is -0.0227. The molecule has 0 saturated heterocycles. The van der Waals surface area contributed by atoms with Gasteiger partial charge in [0.05, 0.1) is 22.0 Å². The smallest absolute Gasteiger partial charge is 0.261 e. The summed E-state index contributed by atoms with van der Waals surface area (Å²) in [5.41, 5.74) is 1.16. The van der Waals surface area contributed by atoms with Gasteiger partial charge in [-0.05, 0) is 36.8 Å². The van der Waals surface area contributed by atoms with Crippen molar-refractivity contribution < 1.29 is 21.2 Å². The quantitative estimate of drug-likeness (QED) is 0.590. The molecule has 0 amide bonds. The van der Waals surface area contributed by atoms with Gasteiger partial charge >= 0.3 is 0 Å². The lowest BCUT2D eigenvalue weighted by molar-refractivity contribution is 0.598. The number of hydrogen-bond acceptors (Lipinski definition) is 4. The van der Waals surface area contributed by atoms with E-state index in [0.29, 0.717) is 5.56 Å². The highest BCUT2D eigenvalue weighted by Crippen LogP contribution is 2.27. The third kappa shape index (κ3) is 5.55. The molecule has 0 aliphatic carbocycles. The van der Waals surface area contributed by atoms with E-state index in [-0.39, 0.29) is 22.0 Å². The van der Waals surface area contributed by atoms with Crippen molar-refractivity contribution in [3.63, 3.8) is 0 Å². The standard InChI is InChI=1S/C20H19FN2O4S2/c1-15-7-10-18(11-8-15)29(26,27)23-20-13-17(21)9-12-19(20)22-28(24,25)14-16-5-3-2-4-6-16/h2-13,22-23H,14H2,1H3. The van der Waals surface area contributed by atoms with Crippen LogP contribution in [-0.2, 0) is 25.8 Å². The van der Waals surface area contributed by atoms with Crippen molar-refractivity contribution in [2.24, 2.45) is 0 Å². The van der Waals surface area contributed by atoms with Gasteiger partial charge in [0.2, 0.25) is 10.0 Å². The van der Waals surface area contributed by atoms with Gasteiger partial charge in [0.1, 0.15) is 5.82 Å². The Morgan fingerprint density at radius 2 is 1.45 bits per heavy atom. The van der Waals surface area contributed by atoms with E-state index in [0.717, 1.165) is 17.7 Å². The fourth-order valence-corrected chi connectivity index (χ4v) is 4.90. The molecule has 0 heterocycles. The van der Waals surface area contributed by atoms with Gasteiger partial charge in [-0.15, -0.1) is 0 Å². The number of nitrogens with one attached hydrogen (secondary N) is 2. The lowest BCUT2D eigenvalue weighted by Crippen LogP contribution is -2.18. The van der Waals surface area contributed by atoms with Crippen LogP contribution in [0.2, 0.25) is 0 Å². The van der Waals surface area contributed by atoms with Gasteiger partial charge < -0.3 is 0 Å². The highest BCUT2D eigenvalue weighted by molar-refractivity contribution is 7.93. The molecule has 9 heteroatoms. The molecule has 3 rings (SSSR count). The summed E-state index contributed by atoms with van der Waals surface area (Å²) in [5, 5.41) is 0. The number of aryl methyl sites for hydroxylation is 1. The molecule has 0 aliphatic rings. The first-order valence-corrected chi connectivity index (χ1v) is 11.7. The molecule has 0 unspecified atom stereocenters. The Bertz CT molecular complexity index is 1210. The van der Waals surface area contributed by atoms with Gasteiger partial charge in [-0.2, -0.15) is 0 Å². The first-order valence-electron chi connectivity index (χ1n) is 8.58. The molecule has 6 nitrogen and oxygen atoms in total. The second-order valence-corrected chi connectivity index (χ2v) is 9.86. The van der Waals surface area contributed by atoms with Crippen LogP contribution in [0, 0.1) is 12.7 Å². The summed E-state index contributed by atoms with van der Waals surface area (Å²) in [7, 11) is -7.89. The minimum atomic E-state index is -4.04. The van der Waals surface area contributed by atoms with Crippen LogP contribution in [0.5, 0.6) is 0 Å². The molecule has 2 N–H and O–H groups in total. The van der Waals surface area contributed by atoms with Crippen molar-refractivity contribution in [2.75, 3.05) is 9.44 Å². The van der Waals surface area contributed by atoms with Gasteiger partial charge in [0.15, 0.2) is 0 Å². The number of sulfonamides is 2. The minimum Gasteiger partial charge on any atom is -0.281 e. The van der Waals surface area contributed by atoms with Crippen LogP contribution >= 0.6 is 0 Å². The van der Waals surface area contributed by atoms with E-state index in [9.17, 15) is 21.2 Å². The van der Waals surface area contributed by atoms with Crippen LogP contribution in [0.4, 0.5) is 15.8 Å². The largest absolute Gasteiger partial charge is 0.281 e. The molecule has 0 radical (unpaired) electrons. The Labute approximate surface area is 169 Å². The van der Waals surface area contributed by atoms with Gasteiger partial charge in [-0.3, -0.25) is 9.44 Å². The number of benzene rings is 3. The highest BCUT2D eigenvalue weighted by atomic mass is 32.2. The van der Waals surface area contributed by atoms with E-state index >= 15 is 0 Å². The molecule has 0 saturated carbocycles. The molecule has 3 aromatic carbocycles. The molecule has 0 aromatic heterocycles. The second kappa shape index (κ2) is 8.22. The van der Waals surface area contributed by atoms with Gasteiger partial charge in [-0.25, -0.2) is 21.2 Å². The maximum absolute atomic E-state index is 13.7. The van der Waals surface area contributed by atoms with Crippen molar-refractivity contribution in [1.82, 2.24) is 0 Å². The van der Waals surface area contributed by atoms with Crippen LogP contribution in [-0.4, -0.2) is 16.8 Å². The topological polar surface area (TPSA) is 92.3 Å². The van der Waals surface area contributed by atoms with E-state index in [1.165, 1.54) is 18.2 Å². The predicted octanol–water partition coefficient (Wildman–Crippen LogP) is 3.88. The average Bonchev–Trinajstić information content (AvgIpc) is 2.64. The van der Waals surface area contributed by atoms with Crippen molar-refractivity contribution in [3.05, 3.63) is 89.7 Å². The Balaban J connectivity index is 1.89. The summed E-state index contributed by atoms with van der Waals surface area (Å²) in [5.74, 6) is -1.02. The first kappa shape index (κ1) is 20.8. The Morgan fingerprint density at radius 3 is 2.10 bits per heavy atom. The van der Waals surface area contributed by atoms with Crippen LogP contribution in [0.3, 0.4) is 0 Å². The van der Waals surface area contributed by atoms with Crippen LogP contribution in [0.25, 0.3) is 0 Å². The zero-order chi connectivity index (χ0) is 21.1. The summed E-state index contributed by atoms with van der Waals surface area (Å²) in [6, 6.07) is 17.7. The second-order valence-electron chi connectivity index (χ2n) is 6.46. The third-order valence-corrected chi connectivity index (χ3v) is 6.65. The third-order valence-electron chi connectivity index (χ3n) is 4.02. The number of hydrogen-bond donors (Lipinski definition) is 2. The van der Waals surface area contributed by atoms with Gasteiger partial charge in [0, 0.05) is 6.07 Å². The van der Waals surface area contributed by atoms with Crippen LogP contribution < -0.4 is 9.44 Å². The molecule has 152 valence electrons. The molecular weight excluding hydrogens is 415 g/mol. The SMILES string of the molecule is Cc1ccc(S(=O)(=O)Nc2cc(F)ccc2NS(=O)(=O)Cc2ccccc2)cc1. The fourth-order valence-electron chi connectivity index (χ4n) is 2.61. The van der Waals surface area contributed by atoms with Gasteiger partial charge in [-0.1, -0.05) is 48.0 Å². The molecule has 0 bridgehead atoms. The summed E-state index contributed by atoms with van der Waals surface area (Å²) < 4.78 is 68.6.